The maximum Gasteiger partial charge on any atom is 0.132 e. The van der Waals surface area contributed by atoms with Crippen molar-refractivity contribution in [3.63, 3.8) is 0 Å². The van der Waals surface area contributed by atoms with Gasteiger partial charge >= 0.3 is 0 Å². The fourth-order valence-corrected chi connectivity index (χ4v) is 2.58. The number of nitrogens with one attached hydrogen (secondary N) is 1. The molecule has 1 heterocycles. The van der Waals surface area contributed by atoms with Gasteiger partial charge in [-0.1, -0.05) is 11.6 Å². The molecule has 2 rings (SSSR count). The van der Waals surface area contributed by atoms with Crippen molar-refractivity contribution >= 4 is 11.6 Å². The summed E-state index contributed by atoms with van der Waals surface area (Å²) in [5, 5.41) is 3.94. The molecular weight excluding hydrogens is 241 g/mol. The first-order valence-electron chi connectivity index (χ1n) is 5.90. The van der Waals surface area contributed by atoms with E-state index in [1.54, 1.807) is 19.2 Å². The zero-order chi connectivity index (χ0) is 12.3. The summed E-state index contributed by atoms with van der Waals surface area (Å²) in [4.78, 5) is 0. The lowest BCUT2D eigenvalue weighted by Gasteiger charge is -2.13. The Morgan fingerprint density at radius 1 is 1.47 bits per heavy atom. The van der Waals surface area contributed by atoms with Gasteiger partial charge in [-0.05, 0) is 43.5 Å². The molecule has 1 atom stereocenters. The zero-order valence-electron chi connectivity index (χ0n) is 9.93. The maximum absolute atomic E-state index is 14.1. The van der Waals surface area contributed by atoms with Crippen LogP contribution >= 0.6 is 11.6 Å². The highest BCUT2D eigenvalue weighted by Gasteiger charge is 2.18. The van der Waals surface area contributed by atoms with E-state index in [2.05, 4.69) is 5.32 Å². The summed E-state index contributed by atoms with van der Waals surface area (Å²) in [6, 6.07) is 3.72. The molecule has 0 aromatic heterocycles. The van der Waals surface area contributed by atoms with Gasteiger partial charge in [0, 0.05) is 23.7 Å². The molecule has 2 nitrogen and oxygen atoms in total. The minimum atomic E-state index is -0.176. The van der Waals surface area contributed by atoms with E-state index in [4.69, 9.17) is 16.3 Å². The van der Waals surface area contributed by atoms with Crippen LogP contribution in [-0.2, 0) is 17.8 Å². The van der Waals surface area contributed by atoms with Crippen LogP contribution in [0.3, 0.4) is 0 Å². The quantitative estimate of drug-likeness (QED) is 0.896. The minimum absolute atomic E-state index is 0.176. The molecule has 17 heavy (non-hydrogen) atoms. The Kier molecular flexibility index (Phi) is 4.37. The predicted molar refractivity (Wildman–Crippen MR) is 66.9 cm³/mol. The van der Waals surface area contributed by atoms with Gasteiger partial charge in [0.2, 0.25) is 0 Å². The SMILES string of the molecule is COCc1cc(Cl)cc(CC2CCCN2)c1F. The molecule has 1 aliphatic rings. The van der Waals surface area contributed by atoms with Gasteiger partial charge in [-0.3, -0.25) is 0 Å². The predicted octanol–water partition coefficient (Wildman–Crippen LogP) is 2.92. The number of hydrogen-bond acceptors (Lipinski definition) is 2. The van der Waals surface area contributed by atoms with Gasteiger partial charge < -0.3 is 10.1 Å². The Balaban J connectivity index is 2.19. The van der Waals surface area contributed by atoms with Crippen molar-refractivity contribution in [2.75, 3.05) is 13.7 Å². The monoisotopic (exact) mass is 257 g/mol. The van der Waals surface area contributed by atoms with Gasteiger partial charge in [-0.2, -0.15) is 0 Å². The van der Waals surface area contributed by atoms with Gasteiger partial charge in [-0.15, -0.1) is 0 Å². The highest BCUT2D eigenvalue weighted by molar-refractivity contribution is 6.30. The second kappa shape index (κ2) is 5.80. The third-order valence-electron chi connectivity index (χ3n) is 3.12. The third kappa shape index (κ3) is 3.18. The van der Waals surface area contributed by atoms with Crippen LogP contribution in [0.4, 0.5) is 4.39 Å². The summed E-state index contributed by atoms with van der Waals surface area (Å²) in [5.74, 6) is -0.176. The fraction of sp³-hybridized carbons (Fsp3) is 0.538. The van der Waals surface area contributed by atoms with Crippen molar-refractivity contribution in [3.05, 3.63) is 34.1 Å². The first kappa shape index (κ1) is 12.8. The second-order valence-corrected chi connectivity index (χ2v) is 4.90. The van der Waals surface area contributed by atoms with Crippen LogP contribution in [0.25, 0.3) is 0 Å². The topological polar surface area (TPSA) is 21.3 Å². The van der Waals surface area contributed by atoms with E-state index in [-0.39, 0.29) is 12.4 Å². The Morgan fingerprint density at radius 3 is 2.88 bits per heavy atom. The number of ether oxygens (including phenoxy) is 1. The number of halogens is 2. The Hall–Kier alpha value is -0.640. The maximum atomic E-state index is 14.1. The van der Waals surface area contributed by atoms with Crippen molar-refractivity contribution in [3.8, 4) is 0 Å². The van der Waals surface area contributed by atoms with Gasteiger partial charge in [0.1, 0.15) is 5.82 Å². The molecular formula is C13H17ClFNO. The van der Waals surface area contributed by atoms with E-state index in [1.165, 1.54) is 0 Å². The molecule has 0 bridgehead atoms. The highest BCUT2D eigenvalue weighted by atomic mass is 35.5. The number of rotatable bonds is 4. The normalized spacial score (nSPS) is 19.8. The second-order valence-electron chi connectivity index (χ2n) is 4.47. The molecule has 1 fully saturated rings. The van der Waals surface area contributed by atoms with Crippen molar-refractivity contribution in [1.82, 2.24) is 5.32 Å². The Morgan fingerprint density at radius 2 is 2.24 bits per heavy atom. The van der Waals surface area contributed by atoms with Crippen molar-refractivity contribution in [2.45, 2.75) is 31.9 Å². The minimum Gasteiger partial charge on any atom is -0.380 e. The molecule has 0 aliphatic carbocycles. The zero-order valence-corrected chi connectivity index (χ0v) is 10.7. The molecule has 0 radical (unpaired) electrons. The van der Waals surface area contributed by atoms with Crippen molar-refractivity contribution < 1.29 is 9.13 Å². The summed E-state index contributed by atoms with van der Waals surface area (Å²) in [6.45, 7) is 1.29. The first-order chi connectivity index (χ1) is 8.20. The van der Waals surface area contributed by atoms with E-state index in [0.717, 1.165) is 19.4 Å². The van der Waals surface area contributed by atoms with Gasteiger partial charge in [-0.25, -0.2) is 4.39 Å². The van der Waals surface area contributed by atoms with Crippen LogP contribution in [0.15, 0.2) is 12.1 Å². The van der Waals surface area contributed by atoms with Gasteiger partial charge in [0.15, 0.2) is 0 Å². The van der Waals surface area contributed by atoms with E-state index < -0.39 is 0 Å². The largest absolute Gasteiger partial charge is 0.380 e. The van der Waals surface area contributed by atoms with E-state index in [9.17, 15) is 4.39 Å². The smallest absolute Gasteiger partial charge is 0.132 e. The molecule has 1 unspecified atom stereocenters. The Labute approximate surface area is 106 Å². The number of benzene rings is 1. The number of methoxy groups -OCH3 is 1. The van der Waals surface area contributed by atoms with Crippen LogP contribution in [0.1, 0.15) is 24.0 Å². The molecule has 1 saturated heterocycles. The van der Waals surface area contributed by atoms with Crippen LogP contribution in [0.5, 0.6) is 0 Å². The van der Waals surface area contributed by atoms with E-state index in [1.807, 2.05) is 0 Å². The fourth-order valence-electron chi connectivity index (χ4n) is 2.31. The van der Waals surface area contributed by atoms with Gasteiger partial charge in [0.05, 0.1) is 6.61 Å². The van der Waals surface area contributed by atoms with E-state index in [0.29, 0.717) is 28.6 Å². The molecule has 94 valence electrons. The lowest BCUT2D eigenvalue weighted by molar-refractivity contribution is 0.181. The lowest BCUT2D eigenvalue weighted by Crippen LogP contribution is -2.24. The first-order valence-corrected chi connectivity index (χ1v) is 6.27. The third-order valence-corrected chi connectivity index (χ3v) is 3.33. The highest BCUT2D eigenvalue weighted by Crippen LogP contribution is 2.23. The van der Waals surface area contributed by atoms with Crippen LogP contribution < -0.4 is 5.32 Å². The summed E-state index contributed by atoms with van der Waals surface area (Å²) < 4.78 is 19.1. The van der Waals surface area contributed by atoms with Crippen LogP contribution in [-0.4, -0.2) is 19.7 Å². The average molecular weight is 258 g/mol. The van der Waals surface area contributed by atoms with Gasteiger partial charge in [0.25, 0.3) is 0 Å². The lowest BCUT2D eigenvalue weighted by atomic mass is 10.0. The summed E-state index contributed by atoms with van der Waals surface area (Å²) in [6.07, 6.45) is 2.96. The standard InChI is InChI=1S/C13H17ClFNO/c1-17-8-10-6-11(14)5-9(13(10)15)7-12-3-2-4-16-12/h5-6,12,16H,2-4,7-8H2,1H3. The molecule has 0 saturated carbocycles. The molecule has 1 aromatic carbocycles. The van der Waals surface area contributed by atoms with Crippen molar-refractivity contribution in [2.24, 2.45) is 0 Å². The molecule has 0 spiro atoms. The molecule has 0 amide bonds. The van der Waals surface area contributed by atoms with Crippen LogP contribution in [0.2, 0.25) is 5.02 Å². The van der Waals surface area contributed by atoms with Crippen molar-refractivity contribution in [1.29, 1.82) is 0 Å². The molecule has 1 N–H and O–H groups in total. The van der Waals surface area contributed by atoms with E-state index >= 15 is 0 Å². The molecule has 4 heteroatoms. The molecule has 1 aromatic rings. The van der Waals surface area contributed by atoms with Crippen LogP contribution in [0, 0.1) is 5.82 Å². The average Bonchev–Trinajstić information content (AvgIpc) is 2.78. The summed E-state index contributed by atoms with van der Waals surface area (Å²) >= 11 is 6.00. The molecule has 1 aliphatic heterocycles. The summed E-state index contributed by atoms with van der Waals surface area (Å²) in [7, 11) is 1.55. The summed E-state index contributed by atoms with van der Waals surface area (Å²) in [5.41, 5.74) is 1.22. The number of hydrogen-bond donors (Lipinski definition) is 1. The Bertz CT molecular complexity index is 391.